The Kier molecular flexibility index (Phi) is 156. The van der Waals surface area contributed by atoms with Crippen molar-refractivity contribution in [3.05, 3.63) is 0 Å². The molecule has 0 heterocycles. The Balaban J connectivity index is -0.0000000326. The van der Waals surface area contributed by atoms with Gasteiger partial charge in [-0.25, -0.2) is 57.5 Å². The van der Waals surface area contributed by atoms with Crippen molar-refractivity contribution in [2.45, 2.75) is 78.1 Å². The van der Waals surface area contributed by atoms with Gasteiger partial charge >= 0.3 is 94.3 Å². The molecule has 0 aromatic carbocycles. The zero-order valence-electron chi connectivity index (χ0n) is 32.7. The van der Waals surface area contributed by atoms with Gasteiger partial charge in [-0.2, -0.15) is 0 Å². The van der Waals surface area contributed by atoms with Gasteiger partial charge in [0, 0.05) is 0 Å². The number of hydrogen-bond acceptors (Lipinski definition) is 15. The van der Waals surface area contributed by atoms with E-state index in [9.17, 15) is 0 Å². The Morgan fingerprint density at radius 3 is 0.323 bits per heavy atom. The van der Waals surface area contributed by atoms with Gasteiger partial charge in [-0.3, -0.25) is 0 Å². The molecule has 0 fully saturated rings. The maximum atomic E-state index is 8.56. The van der Waals surface area contributed by atoms with Crippen molar-refractivity contribution in [1.82, 2.24) is 0 Å². The van der Waals surface area contributed by atoms with Gasteiger partial charge in [-0.05, 0) is 6.16 Å². The maximum absolute atomic E-state index is 8.56. The summed E-state index contributed by atoms with van der Waals surface area (Å²) >= 11 is 0. The summed E-state index contributed by atoms with van der Waals surface area (Å²) in [6.45, 7) is 4.56. The Hall–Kier alpha value is -8.83. The quantitative estimate of drug-likeness (QED) is 0.105. The van der Waals surface area contributed by atoms with Gasteiger partial charge in [0.15, 0.2) is 0 Å². The number of carboxylic acid groups (broad SMARTS) is 26. The van der Waals surface area contributed by atoms with Crippen LogP contribution in [-0.2, 0) is 20.4 Å². The predicted octanol–water partition coefficient (Wildman–Crippen LogP) is 5.15. The van der Waals surface area contributed by atoms with E-state index in [0.29, 0.717) is 0 Å². The van der Waals surface area contributed by atoms with Crippen molar-refractivity contribution >= 4 is 80.0 Å². The first-order chi connectivity index (χ1) is 28.4. The fraction of sp³-hybridized carbons (Fsp3) is 0.480. The molecule has 0 aliphatic rings. The van der Waals surface area contributed by atoms with Crippen LogP contribution in [0.15, 0.2) is 0 Å². The summed E-state index contributed by atoms with van der Waals surface area (Å²) in [6, 6.07) is 0. The molecule has 0 amide bonds. The van der Waals surface area contributed by atoms with Crippen LogP contribution in [-0.4, -0.2) is 203 Å². The van der Waals surface area contributed by atoms with Crippen molar-refractivity contribution < 1.29 is 216 Å². The van der Waals surface area contributed by atoms with Crippen molar-refractivity contribution in [3.8, 4) is 0 Å². The van der Waals surface area contributed by atoms with E-state index in [2.05, 4.69) is 13.8 Å². The minimum absolute atomic E-state index is 0. The van der Waals surface area contributed by atoms with E-state index in [1.165, 1.54) is 64.2 Å². The van der Waals surface area contributed by atoms with Gasteiger partial charge in [0.1, 0.15) is 0 Å². The largest absolute Gasteiger partial charge is 2.00 e. The molecule has 0 atom stereocenters. The second-order valence-corrected chi connectivity index (χ2v) is 7.47. The van der Waals surface area contributed by atoms with Crippen LogP contribution in [0.5, 0.6) is 0 Å². The summed E-state index contributed by atoms with van der Waals surface area (Å²) in [5.41, 5.74) is 0. The second kappa shape index (κ2) is 100. The number of carbonyl (C=O) groups excluding carboxylic acids is 1. The maximum Gasteiger partial charge on any atom is 2.00 e. The van der Waals surface area contributed by atoms with Crippen LogP contribution in [0.2, 0.25) is 0 Å². The third kappa shape index (κ3) is 5250000. The number of unbranched alkanes of at least 4 members (excludes halogenated alkanes) is 9. The molecule has 39 nitrogen and oxygen atoms in total. The molecular weight excluding hydrogens is 1030 g/mol. The van der Waals surface area contributed by atoms with E-state index in [0.717, 1.165) is 0 Å². The van der Waals surface area contributed by atoms with Crippen molar-refractivity contribution in [3.63, 3.8) is 0 Å². The third-order valence-corrected chi connectivity index (χ3v) is 2.46. The second-order valence-electron chi connectivity index (χ2n) is 7.47. The molecule has 40 heteroatoms. The minimum Gasteiger partial charge on any atom is -0.652 e. The molecule has 0 rings (SSSR count). The van der Waals surface area contributed by atoms with E-state index >= 15 is 0 Å². The summed E-state index contributed by atoms with van der Waals surface area (Å²) < 4.78 is 0. The van der Waals surface area contributed by atoms with Gasteiger partial charge in [0.25, 0.3) is 0 Å². The van der Waals surface area contributed by atoms with E-state index < -0.39 is 80.0 Å². The topological polar surface area (TPSA) is 754 Å². The Morgan fingerprint density at radius 1 is 0.231 bits per heavy atom. The molecule has 65 heavy (non-hydrogen) atoms. The van der Waals surface area contributed by atoms with Gasteiger partial charge < -0.3 is 138 Å². The summed E-state index contributed by atoms with van der Waals surface area (Å²) in [5, 5.41) is 184. The molecule has 394 valence electrons. The monoisotopic (exact) mass is 1080 g/mol. The summed E-state index contributed by atoms with van der Waals surface area (Å²) in [6.07, 6.45) is -9.89. The summed E-state index contributed by atoms with van der Waals surface area (Å²) in [4.78, 5) is 111. The number of carbonyl (C=O) groups is 13. The van der Waals surface area contributed by atoms with Crippen LogP contribution in [0.3, 0.4) is 0 Å². The molecule has 0 saturated heterocycles. The van der Waals surface area contributed by atoms with Crippen molar-refractivity contribution in [2.24, 2.45) is 0 Å². The molecule has 0 bridgehead atoms. The molecule has 0 unspecified atom stereocenters. The van der Waals surface area contributed by atoms with Crippen LogP contribution in [0.4, 0.5) is 62.3 Å². The molecule has 0 saturated carbocycles. The Morgan fingerprint density at radius 2 is 0.277 bits per heavy atom. The van der Waals surface area contributed by atoms with E-state index in [-0.39, 0.29) is 20.4 Å². The average Bonchev–Trinajstić information content (AvgIpc) is 2.95. The van der Waals surface area contributed by atoms with Crippen LogP contribution in [0.1, 0.15) is 78.1 Å². The number of rotatable bonds is 9. The van der Waals surface area contributed by atoms with E-state index in [1.54, 1.807) is 0 Å². The fourth-order valence-electron chi connectivity index (χ4n) is 1.56. The molecule has 0 aliphatic carbocycles. The zero-order chi connectivity index (χ0) is 55.6. The first kappa shape index (κ1) is 101. The van der Waals surface area contributed by atoms with Gasteiger partial charge in [-0.1, -0.05) is 78.1 Å². The minimum atomic E-state index is -2.33. The Labute approximate surface area is 373 Å². The van der Waals surface area contributed by atoms with Crippen LogP contribution in [0, 0.1) is 0 Å². The first-order valence-corrected chi connectivity index (χ1v) is 14.3. The van der Waals surface area contributed by atoms with Crippen molar-refractivity contribution in [1.29, 1.82) is 0 Å². The first-order valence-electron chi connectivity index (χ1n) is 14.3. The normalized spacial score (nSPS) is 6.74. The zero-order valence-corrected chi connectivity index (χ0v) is 34.3. The molecule has 0 aromatic heterocycles. The smallest absolute Gasteiger partial charge is 0.652 e. The van der Waals surface area contributed by atoms with Crippen LogP contribution in [0.25, 0.3) is 0 Å². The predicted molar refractivity (Wildman–Crippen MR) is 191 cm³/mol. The molecule has 24 N–H and O–H groups in total. The standard InChI is InChI=1S/C12H26.13CH2O3.Pd/c1-3-5-7-9-11-12-10-8-6-4-2;13*2-1(3)4;/h3-12H2,1-2H3;13*(H2,2,3,4);/q;;;;;;;;;;;;;;+2/p-2. The SMILES string of the molecule is CCCCCCCCCCCC.O=C(O)O.O=C(O)O.O=C(O)O.O=C(O)O.O=C(O)O.O=C(O)O.O=C(O)O.O=C(O)O.O=C(O)O.O=C(O)O.O=C(O)O.O=C(O)O.O=C([O-])[O-].[Pd+2]. The Bertz CT molecular complexity index is 803. The van der Waals surface area contributed by atoms with E-state index in [1.807, 2.05) is 0 Å². The fourth-order valence-corrected chi connectivity index (χ4v) is 1.56. The van der Waals surface area contributed by atoms with Crippen LogP contribution >= 0.6 is 0 Å². The van der Waals surface area contributed by atoms with Gasteiger partial charge in [-0.15, -0.1) is 0 Å². The molecule has 0 radical (unpaired) electrons. The van der Waals surface area contributed by atoms with Gasteiger partial charge in [0.2, 0.25) is 0 Å². The third-order valence-electron chi connectivity index (χ3n) is 2.46. The van der Waals surface area contributed by atoms with Crippen molar-refractivity contribution in [2.75, 3.05) is 0 Å². The van der Waals surface area contributed by atoms with E-state index in [4.69, 9.17) is 195 Å². The molecule has 0 aliphatic heterocycles. The summed E-state index contributed by atoms with van der Waals surface area (Å²) in [7, 11) is 0. The molecule has 0 aromatic rings. The summed E-state index contributed by atoms with van der Waals surface area (Å²) in [5.74, 6) is 0. The average molecular weight is 1080 g/mol. The van der Waals surface area contributed by atoms with Crippen LogP contribution < -0.4 is 10.2 Å². The molecule has 0 spiro atoms. The van der Waals surface area contributed by atoms with Gasteiger partial charge in [0.05, 0.1) is 0 Å². The number of hydrogen-bond donors (Lipinski definition) is 24. The molecular formula is C25H50O39Pd.